The third-order valence-corrected chi connectivity index (χ3v) is 5.55. The van der Waals surface area contributed by atoms with Crippen LogP contribution in [0.25, 0.3) is 0 Å². The van der Waals surface area contributed by atoms with Crippen LogP contribution in [0, 0.1) is 0 Å². The Morgan fingerprint density at radius 2 is 1.89 bits per heavy atom. The highest BCUT2D eigenvalue weighted by Crippen LogP contribution is 2.12. The summed E-state index contributed by atoms with van der Waals surface area (Å²) in [6.07, 6.45) is 2.72. The largest absolute Gasteiger partial charge is 0.467 e. The number of hydrogen-bond donors (Lipinski definition) is 2. The van der Waals surface area contributed by atoms with E-state index in [1.54, 1.807) is 16.1 Å². The Hall–Kier alpha value is -2.51. The molecule has 0 radical (unpaired) electrons. The molecule has 0 unspecified atom stereocenters. The maximum Gasteiger partial charge on any atom is 0.209 e. The van der Waals surface area contributed by atoms with Crippen molar-refractivity contribution >= 4 is 0 Å². The van der Waals surface area contributed by atoms with Crippen LogP contribution in [0.15, 0.2) is 53.1 Å². The minimum Gasteiger partial charge on any atom is -0.467 e. The first-order valence-corrected chi connectivity index (χ1v) is 9.84. The lowest BCUT2D eigenvalue weighted by Crippen LogP contribution is -3.27. The van der Waals surface area contributed by atoms with Crippen molar-refractivity contribution < 1.29 is 14.2 Å². The van der Waals surface area contributed by atoms with Gasteiger partial charge in [0.05, 0.1) is 6.26 Å². The topological polar surface area (TPSA) is 65.6 Å². The number of rotatable bonds is 7. The van der Waals surface area contributed by atoms with Crippen LogP contribution in [-0.4, -0.2) is 46.4 Å². The lowest BCUT2D eigenvalue weighted by atomic mass is 10.1. The van der Waals surface area contributed by atoms with Crippen LogP contribution in [0.1, 0.15) is 36.5 Å². The Morgan fingerprint density at radius 3 is 2.59 bits per heavy atom. The van der Waals surface area contributed by atoms with E-state index in [9.17, 15) is 0 Å². The summed E-state index contributed by atoms with van der Waals surface area (Å²) in [5.41, 5.74) is 1.42. The fourth-order valence-electron chi connectivity index (χ4n) is 4.11. The van der Waals surface area contributed by atoms with Gasteiger partial charge in [-0.15, -0.1) is 5.10 Å². The molecule has 1 saturated heterocycles. The number of benzene rings is 1. The normalized spacial score (nSPS) is 21.2. The molecule has 4 rings (SSSR count). The lowest BCUT2D eigenvalue weighted by Gasteiger charge is -2.33. The van der Waals surface area contributed by atoms with Crippen LogP contribution in [0.3, 0.4) is 0 Å². The van der Waals surface area contributed by atoms with Crippen molar-refractivity contribution in [1.82, 2.24) is 20.2 Å². The summed E-state index contributed by atoms with van der Waals surface area (Å²) >= 11 is 0. The van der Waals surface area contributed by atoms with Crippen molar-refractivity contribution in [1.29, 1.82) is 0 Å². The molecule has 1 aromatic carbocycles. The Bertz CT molecular complexity index is 808. The third kappa shape index (κ3) is 4.26. The molecule has 0 saturated carbocycles. The molecule has 0 bridgehead atoms. The van der Waals surface area contributed by atoms with Crippen LogP contribution in [0.5, 0.6) is 0 Å². The van der Waals surface area contributed by atoms with Gasteiger partial charge in [-0.1, -0.05) is 37.3 Å². The zero-order valence-corrected chi connectivity index (χ0v) is 15.8. The van der Waals surface area contributed by atoms with Gasteiger partial charge in [-0.05, 0) is 22.6 Å². The lowest BCUT2D eigenvalue weighted by molar-refractivity contribution is -1.03. The molecule has 1 atom stereocenters. The van der Waals surface area contributed by atoms with Crippen LogP contribution >= 0.6 is 0 Å². The van der Waals surface area contributed by atoms with E-state index in [0.29, 0.717) is 12.6 Å². The van der Waals surface area contributed by atoms with Gasteiger partial charge in [-0.25, -0.2) is 4.68 Å². The molecule has 2 aromatic heterocycles. The Kier molecular flexibility index (Phi) is 5.60. The van der Waals surface area contributed by atoms with E-state index >= 15 is 0 Å². The molecule has 1 fully saturated rings. The molecular weight excluding hydrogens is 340 g/mol. The van der Waals surface area contributed by atoms with E-state index in [0.717, 1.165) is 37.6 Å². The summed E-state index contributed by atoms with van der Waals surface area (Å²) in [6.45, 7) is 8.59. The first-order chi connectivity index (χ1) is 13.3. The highest BCUT2D eigenvalue weighted by molar-refractivity contribution is 5.13. The molecule has 7 nitrogen and oxygen atoms in total. The maximum atomic E-state index is 5.46. The number of nitrogens with one attached hydrogen (secondary N) is 2. The molecule has 0 amide bonds. The third-order valence-electron chi connectivity index (χ3n) is 5.55. The van der Waals surface area contributed by atoms with Crippen LogP contribution in [0.2, 0.25) is 0 Å². The van der Waals surface area contributed by atoms with Gasteiger partial charge in [0.1, 0.15) is 51.1 Å². The van der Waals surface area contributed by atoms with E-state index in [-0.39, 0.29) is 0 Å². The summed E-state index contributed by atoms with van der Waals surface area (Å²) in [4.78, 5) is 3.25. The predicted octanol–water partition coefficient (Wildman–Crippen LogP) is -0.251. The SMILES string of the molecule is CC[C@H](c1nnnn1Cc1ccco1)[NH+]1CC[NH+](Cc2ccccc2)CC1. The number of nitrogens with zero attached hydrogens (tertiary/aromatic N) is 4. The number of piperazine rings is 1. The average molecular weight is 368 g/mol. The molecule has 3 heterocycles. The fraction of sp³-hybridized carbons (Fsp3) is 0.450. The molecule has 3 aromatic rings. The van der Waals surface area contributed by atoms with Gasteiger partial charge < -0.3 is 14.2 Å². The number of aromatic nitrogens is 4. The van der Waals surface area contributed by atoms with Crippen molar-refractivity contribution in [3.8, 4) is 0 Å². The smallest absolute Gasteiger partial charge is 0.209 e. The van der Waals surface area contributed by atoms with Crippen molar-refractivity contribution in [3.05, 3.63) is 65.9 Å². The summed E-state index contributed by atoms with van der Waals surface area (Å²) in [5, 5.41) is 12.5. The number of hydrogen-bond acceptors (Lipinski definition) is 4. The van der Waals surface area contributed by atoms with Crippen molar-refractivity contribution in [2.24, 2.45) is 0 Å². The maximum absolute atomic E-state index is 5.46. The van der Waals surface area contributed by atoms with Gasteiger partial charge in [-0.3, -0.25) is 0 Å². The monoisotopic (exact) mass is 368 g/mol. The van der Waals surface area contributed by atoms with E-state index in [4.69, 9.17) is 4.42 Å². The highest BCUT2D eigenvalue weighted by atomic mass is 16.3. The highest BCUT2D eigenvalue weighted by Gasteiger charge is 2.33. The number of tetrazole rings is 1. The minimum absolute atomic E-state index is 0.327. The Balaban J connectivity index is 1.39. The summed E-state index contributed by atoms with van der Waals surface area (Å²) in [6, 6.07) is 15.0. The Morgan fingerprint density at radius 1 is 1.07 bits per heavy atom. The van der Waals surface area contributed by atoms with Crippen LogP contribution in [-0.2, 0) is 13.1 Å². The number of furan rings is 1. The first-order valence-electron chi connectivity index (χ1n) is 9.84. The van der Waals surface area contributed by atoms with Gasteiger partial charge in [0.2, 0.25) is 5.82 Å². The molecule has 1 aliphatic rings. The molecule has 27 heavy (non-hydrogen) atoms. The molecule has 0 aliphatic carbocycles. The van der Waals surface area contributed by atoms with Gasteiger partial charge in [0.15, 0.2) is 0 Å². The molecule has 2 N–H and O–H groups in total. The van der Waals surface area contributed by atoms with Crippen molar-refractivity contribution in [2.45, 2.75) is 32.5 Å². The number of quaternary nitrogens is 2. The summed E-state index contributed by atoms with van der Waals surface area (Å²) in [7, 11) is 0. The van der Waals surface area contributed by atoms with Gasteiger partial charge in [-0.2, -0.15) is 0 Å². The van der Waals surface area contributed by atoms with E-state index < -0.39 is 0 Å². The zero-order chi connectivity index (χ0) is 18.5. The molecule has 0 spiro atoms. The molecule has 1 aliphatic heterocycles. The standard InChI is InChI=1S/C20H26N6O/c1-2-19(20-21-22-23-26(20)16-18-9-6-14-27-18)25-12-10-24(11-13-25)15-17-7-4-3-5-8-17/h3-9,14,19H,2,10-13,15-16H2,1H3/p+2/t19-/m1/s1. The zero-order valence-electron chi connectivity index (χ0n) is 15.8. The molecule has 7 heteroatoms. The first kappa shape index (κ1) is 17.9. The quantitative estimate of drug-likeness (QED) is 0.604. The van der Waals surface area contributed by atoms with Crippen LogP contribution < -0.4 is 9.80 Å². The second-order valence-corrected chi connectivity index (χ2v) is 7.31. The van der Waals surface area contributed by atoms with E-state index in [2.05, 4.69) is 52.8 Å². The van der Waals surface area contributed by atoms with Gasteiger partial charge >= 0.3 is 0 Å². The summed E-state index contributed by atoms with van der Waals surface area (Å²) in [5.74, 6) is 1.85. The van der Waals surface area contributed by atoms with Gasteiger partial charge in [0, 0.05) is 12.0 Å². The average Bonchev–Trinajstić information content (AvgIpc) is 3.38. The predicted molar refractivity (Wildman–Crippen MR) is 100 cm³/mol. The second-order valence-electron chi connectivity index (χ2n) is 7.31. The summed E-state index contributed by atoms with van der Waals surface area (Å²) < 4.78 is 7.36. The molecular formula is C20H28N6O+2. The second kappa shape index (κ2) is 8.45. The fourth-order valence-corrected chi connectivity index (χ4v) is 4.11. The van der Waals surface area contributed by atoms with Crippen molar-refractivity contribution in [3.63, 3.8) is 0 Å². The molecule has 142 valence electrons. The minimum atomic E-state index is 0.327. The van der Waals surface area contributed by atoms with Crippen molar-refractivity contribution in [2.75, 3.05) is 26.2 Å². The van der Waals surface area contributed by atoms with E-state index in [1.807, 2.05) is 16.8 Å². The van der Waals surface area contributed by atoms with Crippen LogP contribution in [0.4, 0.5) is 0 Å². The van der Waals surface area contributed by atoms with E-state index in [1.165, 1.54) is 18.7 Å². The Labute approximate surface area is 159 Å². The van der Waals surface area contributed by atoms with Gasteiger partial charge in [0.25, 0.3) is 0 Å².